The minimum Gasteiger partial charge on any atom is -0.383 e. The molecule has 0 saturated heterocycles. The van der Waals surface area contributed by atoms with E-state index in [1.54, 1.807) is 7.11 Å². The van der Waals surface area contributed by atoms with E-state index in [1.807, 2.05) is 35.7 Å². The van der Waals surface area contributed by atoms with Crippen LogP contribution in [-0.2, 0) is 11.3 Å². The molecule has 0 saturated carbocycles. The Morgan fingerprint density at radius 2 is 2.12 bits per heavy atom. The Kier molecular flexibility index (Phi) is 10.3. The normalized spacial score (nSPS) is 11.6. The predicted molar refractivity (Wildman–Crippen MR) is 111 cm³/mol. The van der Waals surface area contributed by atoms with E-state index >= 15 is 0 Å². The van der Waals surface area contributed by atoms with Gasteiger partial charge in [-0.3, -0.25) is 4.40 Å². The lowest BCUT2D eigenvalue weighted by atomic mass is 10.4. The van der Waals surface area contributed by atoms with Crippen molar-refractivity contribution in [2.24, 2.45) is 4.99 Å². The van der Waals surface area contributed by atoms with Crippen molar-refractivity contribution in [1.82, 2.24) is 30.1 Å². The first-order chi connectivity index (χ1) is 11.7. The molecule has 0 aliphatic carbocycles. The van der Waals surface area contributed by atoms with E-state index in [9.17, 15) is 0 Å². The molecule has 0 radical (unpaired) electrons. The molecule has 140 valence electrons. The van der Waals surface area contributed by atoms with Crippen molar-refractivity contribution in [3.63, 3.8) is 0 Å². The van der Waals surface area contributed by atoms with E-state index in [4.69, 9.17) is 4.74 Å². The largest absolute Gasteiger partial charge is 0.383 e. The zero-order chi connectivity index (χ0) is 17.2. The zero-order valence-corrected chi connectivity index (χ0v) is 17.4. The lowest BCUT2D eigenvalue weighted by molar-refractivity contribution is 0.162. The quantitative estimate of drug-likeness (QED) is 0.330. The van der Waals surface area contributed by atoms with Crippen LogP contribution in [0.1, 0.15) is 12.7 Å². The Hall–Kier alpha value is -1.46. The van der Waals surface area contributed by atoms with E-state index in [-0.39, 0.29) is 24.0 Å². The molecule has 0 atom stereocenters. The van der Waals surface area contributed by atoms with Crippen molar-refractivity contribution < 1.29 is 4.74 Å². The molecule has 0 aliphatic rings. The van der Waals surface area contributed by atoms with Gasteiger partial charge in [0.15, 0.2) is 17.4 Å². The standard InChI is InChI=1S/C16H27N7O.HI/c1-4-17-16(18-8-10-22(2)11-12-24-3)19-13-15-21-20-14-7-5-6-9-23(14)15;/h5-7,9H,4,8,10-13H2,1-3H3,(H2,17,18,19);1H. The molecule has 0 fully saturated rings. The number of aromatic nitrogens is 3. The lowest BCUT2D eigenvalue weighted by Crippen LogP contribution is -2.41. The van der Waals surface area contributed by atoms with E-state index in [0.29, 0.717) is 6.54 Å². The first-order valence-corrected chi connectivity index (χ1v) is 8.23. The van der Waals surface area contributed by atoms with Gasteiger partial charge in [0.1, 0.15) is 6.54 Å². The Morgan fingerprint density at radius 3 is 2.88 bits per heavy atom. The van der Waals surface area contributed by atoms with Gasteiger partial charge in [0, 0.05) is 39.5 Å². The van der Waals surface area contributed by atoms with Crippen LogP contribution in [0.15, 0.2) is 29.4 Å². The van der Waals surface area contributed by atoms with Gasteiger partial charge in [-0.2, -0.15) is 0 Å². The fourth-order valence-corrected chi connectivity index (χ4v) is 2.21. The Morgan fingerprint density at radius 1 is 1.28 bits per heavy atom. The molecule has 2 aromatic heterocycles. The molecule has 0 unspecified atom stereocenters. The van der Waals surface area contributed by atoms with E-state index in [2.05, 4.69) is 37.8 Å². The summed E-state index contributed by atoms with van der Waals surface area (Å²) in [5.74, 6) is 1.60. The third kappa shape index (κ3) is 7.12. The lowest BCUT2D eigenvalue weighted by Gasteiger charge is -2.17. The molecule has 0 aliphatic heterocycles. The number of nitrogens with one attached hydrogen (secondary N) is 2. The number of ether oxygens (including phenoxy) is 1. The first-order valence-electron chi connectivity index (χ1n) is 8.23. The van der Waals surface area contributed by atoms with Crippen molar-refractivity contribution in [3.05, 3.63) is 30.2 Å². The zero-order valence-electron chi connectivity index (χ0n) is 15.1. The van der Waals surface area contributed by atoms with E-state index in [0.717, 1.165) is 50.2 Å². The topological polar surface area (TPSA) is 79.1 Å². The van der Waals surface area contributed by atoms with Gasteiger partial charge in [0.25, 0.3) is 0 Å². The third-order valence-electron chi connectivity index (χ3n) is 3.57. The summed E-state index contributed by atoms with van der Waals surface area (Å²) in [6.45, 7) is 6.72. The van der Waals surface area contributed by atoms with Gasteiger partial charge >= 0.3 is 0 Å². The number of aliphatic imine (C=N–C) groups is 1. The fraction of sp³-hybridized carbons (Fsp3) is 0.562. The number of fused-ring (bicyclic) bond motifs is 1. The Bertz CT molecular complexity index is 646. The number of likely N-dealkylation sites (N-methyl/N-ethyl adjacent to an activating group) is 1. The number of halogens is 1. The van der Waals surface area contributed by atoms with Gasteiger partial charge < -0.3 is 20.3 Å². The van der Waals surface area contributed by atoms with Crippen LogP contribution in [0.2, 0.25) is 0 Å². The van der Waals surface area contributed by atoms with Gasteiger partial charge in [-0.1, -0.05) is 6.07 Å². The maximum atomic E-state index is 5.08. The highest BCUT2D eigenvalue weighted by atomic mass is 127. The summed E-state index contributed by atoms with van der Waals surface area (Å²) in [6, 6.07) is 5.84. The molecule has 2 heterocycles. The van der Waals surface area contributed by atoms with Crippen LogP contribution < -0.4 is 10.6 Å². The van der Waals surface area contributed by atoms with Gasteiger partial charge in [-0.25, -0.2) is 4.99 Å². The predicted octanol–water partition coefficient (Wildman–Crippen LogP) is 0.981. The number of pyridine rings is 1. The molecule has 25 heavy (non-hydrogen) atoms. The van der Waals surface area contributed by atoms with Gasteiger partial charge in [-0.15, -0.1) is 34.2 Å². The SMILES string of the molecule is CCNC(=NCc1nnc2ccccn12)NCCN(C)CCOC.I. The molecule has 0 amide bonds. The van der Waals surface area contributed by atoms with Crippen molar-refractivity contribution in [2.45, 2.75) is 13.5 Å². The summed E-state index contributed by atoms with van der Waals surface area (Å²) >= 11 is 0. The summed E-state index contributed by atoms with van der Waals surface area (Å²) in [5.41, 5.74) is 0.834. The van der Waals surface area contributed by atoms with Crippen LogP contribution in [0.25, 0.3) is 5.65 Å². The number of methoxy groups -OCH3 is 1. The second-order valence-electron chi connectivity index (χ2n) is 5.46. The molecule has 8 nitrogen and oxygen atoms in total. The number of guanidine groups is 1. The maximum absolute atomic E-state index is 5.08. The van der Waals surface area contributed by atoms with Crippen molar-refractivity contribution in [1.29, 1.82) is 0 Å². The Labute approximate surface area is 166 Å². The smallest absolute Gasteiger partial charge is 0.191 e. The first kappa shape index (κ1) is 21.6. The molecule has 2 aromatic rings. The van der Waals surface area contributed by atoms with Gasteiger partial charge in [-0.05, 0) is 26.1 Å². The molecule has 0 spiro atoms. The third-order valence-corrected chi connectivity index (χ3v) is 3.57. The van der Waals surface area contributed by atoms with Crippen molar-refractivity contribution in [2.75, 3.05) is 46.9 Å². The van der Waals surface area contributed by atoms with Crippen LogP contribution in [0.5, 0.6) is 0 Å². The van der Waals surface area contributed by atoms with E-state index in [1.165, 1.54) is 0 Å². The highest BCUT2D eigenvalue weighted by molar-refractivity contribution is 14.0. The molecular weight excluding hydrogens is 433 g/mol. The highest BCUT2D eigenvalue weighted by Crippen LogP contribution is 2.03. The number of rotatable bonds is 9. The molecule has 0 bridgehead atoms. The summed E-state index contributed by atoms with van der Waals surface area (Å²) in [7, 11) is 3.79. The average molecular weight is 461 g/mol. The molecule has 2 rings (SSSR count). The number of nitrogens with zero attached hydrogens (tertiary/aromatic N) is 5. The van der Waals surface area contributed by atoms with Gasteiger partial charge in [0.05, 0.1) is 6.61 Å². The summed E-state index contributed by atoms with van der Waals surface area (Å²) in [5, 5.41) is 14.9. The Balaban J connectivity index is 0.00000312. The average Bonchev–Trinajstić information content (AvgIpc) is 3.01. The van der Waals surface area contributed by atoms with Crippen LogP contribution >= 0.6 is 24.0 Å². The maximum Gasteiger partial charge on any atom is 0.191 e. The molecule has 2 N–H and O–H groups in total. The summed E-state index contributed by atoms with van der Waals surface area (Å²) < 4.78 is 7.03. The second kappa shape index (κ2) is 12.0. The van der Waals surface area contributed by atoms with E-state index < -0.39 is 0 Å². The van der Waals surface area contributed by atoms with Crippen LogP contribution in [0, 0.1) is 0 Å². The summed E-state index contributed by atoms with van der Waals surface area (Å²) in [6.07, 6.45) is 1.95. The van der Waals surface area contributed by atoms with Crippen molar-refractivity contribution >= 4 is 35.6 Å². The number of hydrogen-bond donors (Lipinski definition) is 2. The highest BCUT2D eigenvalue weighted by Gasteiger charge is 2.05. The van der Waals surface area contributed by atoms with Gasteiger partial charge in [0.2, 0.25) is 0 Å². The van der Waals surface area contributed by atoms with Crippen LogP contribution in [0.3, 0.4) is 0 Å². The molecule has 9 heteroatoms. The van der Waals surface area contributed by atoms with Crippen LogP contribution in [-0.4, -0.2) is 72.4 Å². The number of hydrogen-bond acceptors (Lipinski definition) is 5. The van der Waals surface area contributed by atoms with Crippen molar-refractivity contribution in [3.8, 4) is 0 Å². The molecular formula is C16H28IN7O. The monoisotopic (exact) mass is 461 g/mol. The minimum atomic E-state index is 0. The van der Waals surface area contributed by atoms with Crippen LogP contribution in [0.4, 0.5) is 0 Å². The second-order valence-corrected chi connectivity index (χ2v) is 5.46. The minimum absolute atomic E-state index is 0. The molecule has 0 aromatic carbocycles. The summed E-state index contributed by atoms with van der Waals surface area (Å²) in [4.78, 5) is 6.81. The fourth-order valence-electron chi connectivity index (χ4n) is 2.21.